The second-order valence-corrected chi connectivity index (χ2v) is 5.12. The first-order valence-electron chi connectivity index (χ1n) is 5.72. The fourth-order valence-corrected chi connectivity index (χ4v) is 1.83. The Labute approximate surface area is 119 Å². The fourth-order valence-electron chi connectivity index (χ4n) is 1.61. The molecule has 0 bridgehead atoms. The average Bonchev–Trinajstić information content (AvgIpc) is 2.21. The minimum atomic E-state index is -0.468. The van der Waals surface area contributed by atoms with Crippen molar-refractivity contribution in [2.45, 2.75) is 33.2 Å². The number of rotatable bonds is 4. The standard InChI is InChI=1S/C13H19ClN2O.ClH/c1-8(2)6-11(15)13(17)16-12-5-4-10(14)7-9(12)3;/h4-5,7-8,11H,6,15H2,1-3H3,(H,16,17);1H/t11-;/m0./s1. The third kappa shape index (κ3) is 5.25. The van der Waals surface area contributed by atoms with Crippen LogP contribution in [-0.4, -0.2) is 11.9 Å². The van der Waals surface area contributed by atoms with Gasteiger partial charge in [-0.1, -0.05) is 25.4 Å². The molecule has 0 radical (unpaired) electrons. The molecule has 1 aromatic rings. The number of hydrogen-bond donors (Lipinski definition) is 2. The predicted molar refractivity (Wildman–Crippen MR) is 79.5 cm³/mol. The van der Waals surface area contributed by atoms with Crippen LogP contribution in [-0.2, 0) is 4.79 Å². The van der Waals surface area contributed by atoms with Gasteiger partial charge in [0.2, 0.25) is 5.91 Å². The summed E-state index contributed by atoms with van der Waals surface area (Å²) in [5.41, 5.74) is 7.50. The molecule has 5 heteroatoms. The Kier molecular flexibility index (Phi) is 7.29. The highest BCUT2D eigenvalue weighted by atomic mass is 35.5. The van der Waals surface area contributed by atoms with Crippen molar-refractivity contribution in [3.05, 3.63) is 28.8 Å². The van der Waals surface area contributed by atoms with Gasteiger partial charge in [0.1, 0.15) is 0 Å². The zero-order valence-corrected chi connectivity index (χ0v) is 12.4. The molecule has 0 saturated carbocycles. The van der Waals surface area contributed by atoms with Gasteiger partial charge < -0.3 is 11.1 Å². The first-order chi connectivity index (χ1) is 7.90. The van der Waals surface area contributed by atoms with Gasteiger partial charge >= 0.3 is 0 Å². The van der Waals surface area contributed by atoms with Crippen LogP contribution in [0.4, 0.5) is 5.69 Å². The number of halogens is 2. The molecular formula is C13H20Cl2N2O. The van der Waals surface area contributed by atoms with Crippen molar-refractivity contribution in [1.82, 2.24) is 0 Å². The molecule has 1 amide bonds. The molecule has 0 aromatic heterocycles. The molecule has 0 aliphatic heterocycles. The maximum absolute atomic E-state index is 11.8. The Morgan fingerprint density at radius 3 is 2.56 bits per heavy atom. The number of carbonyl (C=O) groups is 1. The molecule has 1 rings (SSSR count). The highest BCUT2D eigenvalue weighted by Gasteiger charge is 2.15. The number of nitrogens with one attached hydrogen (secondary N) is 1. The number of anilines is 1. The minimum absolute atomic E-state index is 0. The van der Waals surface area contributed by atoms with Gasteiger partial charge in [-0.05, 0) is 43.0 Å². The van der Waals surface area contributed by atoms with Crippen LogP contribution in [0.5, 0.6) is 0 Å². The Hall–Kier alpha value is -0.770. The van der Waals surface area contributed by atoms with Crippen LogP contribution in [0.15, 0.2) is 18.2 Å². The van der Waals surface area contributed by atoms with E-state index in [1.807, 2.05) is 26.8 Å². The molecule has 0 heterocycles. The van der Waals surface area contributed by atoms with Gasteiger partial charge in [0.25, 0.3) is 0 Å². The van der Waals surface area contributed by atoms with Crippen LogP contribution in [0.25, 0.3) is 0 Å². The third-order valence-corrected chi connectivity index (χ3v) is 2.74. The first-order valence-corrected chi connectivity index (χ1v) is 6.10. The number of carbonyl (C=O) groups excluding carboxylic acids is 1. The maximum Gasteiger partial charge on any atom is 0.241 e. The summed E-state index contributed by atoms with van der Waals surface area (Å²) < 4.78 is 0. The van der Waals surface area contributed by atoms with Gasteiger partial charge in [0, 0.05) is 10.7 Å². The van der Waals surface area contributed by atoms with E-state index in [0.717, 1.165) is 11.3 Å². The summed E-state index contributed by atoms with van der Waals surface area (Å²) in [5.74, 6) is 0.256. The van der Waals surface area contributed by atoms with E-state index in [-0.39, 0.29) is 18.3 Å². The van der Waals surface area contributed by atoms with Gasteiger partial charge in [-0.3, -0.25) is 4.79 Å². The third-order valence-electron chi connectivity index (χ3n) is 2.51. The maximum atomic E-state index is 11.8. The summed E-state index contributed by atoms with van der Waals surface area (Å²) in [4.78, 5) is 11.8. The lowest BCUT2D eigenvalue weighted by molar-refractivity contribution is -0.117. The zero-order valence-electron chi connectivity index (χ0n) is 10.9. The number of aryl methyl sites for hydroxylation is 1. The summed E-state index contributed by atoms with van der Waals surface area (Å²) in [6.07, 6.45) is 0.679. The second kappa shape index (κ2) is 7.62. The van der Waals surface area contributed by atoms with Crippen molar-refractivity contribution >= 4 is 35.6 Å². The Balaban J connectivity index is 0.00000289. The normalized spacial score (nSPS) is 11.9. The Morgan fingerprint density at radius 2 is 2.06 bits per heavy atom. The van der Waals surface area contributed by atoms with E-state index >= 15 is 0 Å². The molecule has 0 spiro atoms. The molecule has 0 fully saturated rings. The van der Waals surface area contributed by atoms with Gasteiger partial charge in [-0.2, -0.15) is 0 Å². The lowest BCUT2D eigenvalue weighted by Crippen LogP contribution is -2.36. The van der Waals surface area contributed by atoms with Crippen LogP contribution >= 0.6 is 24.0 Å². The second-order valence-electron chi connectivity index (χ2n) is 4.68. The molecule has 3 N–H and O–H groups in total. The monoisotopic (exact) mass is 290 g/mol. The van der Waals surface area contributed by atoms with E-state index in [1.165, 1.54) is 0 Å². The number of amides is 1. The van der Waals surface area contributed by atoms with Gasteiger partial charge in [0.05, 0.1) is 6.04 Å². The van der Waals surface area contributed by atoms with Crippen molar-refractivity contribution in [3.63, 3.8) is 0 Å². The zero-order chi connectivity index (χ0) is 13.0. The summed E-state index contributed by atoms with van der Waals surface area (Å²) >= 11 is 5.85. The molecule has 3 nitrogen and oxygen atoms in total. The van der Waals surface area contributed by atoms with E-state index in [9.17, 15) is 4.79 Å². The van der Waals surface area contributed by atoms with Gasteiger partial charge in [-0.15, -0.1) is 12.4 Å². The van der Waals surface area contributed by atoms with Crippen LogP contribution in [0, 0.1) is 12.8 Å². The highest BCUT2D eigenvalue weighted by Crippen LogP contribution is 2.19. The summed E-state index contributed by atoms with van der Waals surface area (Å²) in [5, 5.41) is 3.48. The molecule has 18 heavy (non-hydrogen) atoms. The number of benzene rings is 1. The van der Waals surface area contributed by atoms with E-state index < -0.39 is 6.04 Å². The number of nitrogens with two attached hydrogens (primary N) is 1. The van der Waals surface area contributed by atoms with E-state index in [0.29, 0.717) is 17.4 Å². The van der Waals surface area contributed by atoms with Crippen LogP contribution in [0.2, 0.25) is 5.02 Å². The SMILES string of the molecule is Cc1cc(Cl)ccc1NC(=O)[C@@H](N)CC(C)C.Cl. The lowest BCUT2D eigenvalue weighted by atomic mass is 10.0. The molecule has 1 aromatic carbocycles. The lowest BCUT2D eigenvalue weighted by Gasteiger charge is -2.15. The average molecular weight is 291 g/mol. The van der Waals surface area contributed by atoms with E-state index in [1.54, 1.807) is 12.1 Å². The van der Waals surface area contributed by atoms with Gasteiger partial charge in [0.15, 0.2) is 0 Å². The largest absolute Gasteiger partial charge is 0.324 e. The van der Waals surface area contributed by atoms with Crippen molar-refractivity contribution < 1.29 is 4.79 Å². The number of hydrogen-bond acceptors (Lipinski definition) is 2. The quantitative estimate of drug-likeness (QED) is 0.893. The molecule has 0 saturated heterocycles. The first kappa shape index (κ1) is 17.2. The highest BCUT2D eigenvalue weighted by molar-refractivity contribution is 6.30. The van der Waals surface area contributed by atoms with Crippen molar-refractivity contribution in [2.75, 3.05) is 5.32 Å². The summed E-state index contributed by atoms with van der Waals surface area (Å²) in [7, 11) is 0. The predicted octanol–water partition coefficient (Wildman–Crippen LogP) is 3.38. The molecular weight excluding hydrogens is 271 g/mol. The Bertz CT molecular complexity index is 408. The Morgan fingerprint density at radius 1 is 1.44 bits per heavy atom. The van der Waals surface area contributed by atoms with E-state index in [2.05, 4.69) is 5.32 Å². The molecule has 0 unspecified atom stereocenters. The molecule has 0 aliphatic rings. The summed E-state index contributed by atoms with van der Waals surface area (Å²) in [6.45, 7) is 5.98. The molecule has 102 valence electrons. The molecule has 1 atom stereocenters. The smallest absolute Gasteiger partial charge is 0.241 e. The van der Waals surface area contributed by atoms with Crippen molar-refractivity contribution in [1.29, 1.82) is 0 Å². The van der Waals surface area contributed by atoms with Gasteiger partial charge in [-0.25, -0.2) is 0 Å². The fraction of sp³-hybridized carbons (Fsp3) is 0.462. The topological polar surface area (TPSA) is 55.1 Å². The van der Waals surface area contributed by atoms with Crippen LogP contribution in [0.3, 0.4) is 0 Å². The van der Waals surface area contributed by atoms with Crippen molar-refractivity contribution in [3.8, 4) is 0 Å². The van der Waals surface area contributed by atoms with Crippen molar-refractivity contribution in [2.24, 2.45) is 11.7 Å². The van der Waals surface area contributed by atoms with E-state index in [4.69, 9.17) is 17.3 Å². The summed E-state index contributed by atoms with van der Waals surface area (Å²) in [6, 6.07) is 4.88. The van der Waals surface area contributed by atoms with Crippen LogP contribution in [0.1, 0.15) is 25.8 Å². The minimum Gasteiger partial charge on any atom is -0.324 e. The molecule has 0 aliphatic carbocycles. The van der Waals surface area contributed by atoms with Crippen LogP contribution < -0.4 is 11.1 Å².